The van der Waals surface area contributed by atoms with Crippen LogP contribution in [0.3, 0.4) is 0 Å². The molecule has 0 aliphatic heterocycles. The number of amides is 2. The summed E-state index contributed by atoms with van der Waals surface area (Å²) in [5.74, 6) is -0.207. The lowest BCUT2D eigenvalue weighted by molar-refractivity contribution is -0.137. The van der Waals surface area contributed by atoms with Gasteiger partial charge in [-0.1, -0.05) is 0 Å². The zero-order valence-electron chi connectivity index (χ0n) is 11.6. The van der Waals surface area contributed by atoms with Crippen molar-refractivity contribution < 1.29 is 14.7 Å². The molecule has 5 nitrogen and oxygen atoms in total. The molecule has 0 unspecified atom stereocenters. The third kappa shape index (κ3) is 4.55. The standard InChI is InChI=1S/C13H24N2O3/c1-4-14(9-11-5-6-11)13(18)15(10(2)3)8-7-12(16)17/h10-11H,4-9H2,1-3H3,(H,16,17). The minimum absolute atomic E-state index is 0.00486. The van der Waals surface area contributed by atoms with Crippen molar-refractivity contribution in [2.24, 2.45) is 5.92 Å². The molecule has 0 radical (unpaired) electrons. The molecule has 0 bridgehead atoms. The molecule has 1 aliphatic carbocycles. The third-order valence-corrected chi connectivity index (χ3v) is 3.26. The van der Waals surface area contributed by atoms with Gasteiger partial charge in [-0.3, -0.25) is 4.79 Å². The molecule has 5 heteroatoms. The van der Waals surface area contributed by atoms with Gasteiger partial charge in [-0.25, -0.2) is 4.79 Å². The van der Waals surface area contributed by atoms with Crippen LogP contribution in [0.25, 0.3) is 0 Å². The highest BCUT2D eigenvalue weighted by molar-refractivity contribution is 5.75. The second-order valence-electron chi connectivity index (χ2n) is 5.20. The van der Waals surface area contributed by atoms with Crippen LogP contribution in [0.4, 0.5) is 4.79 Å². The van der Waals surface area contributed by atoms with E-state index in [9.17, 15) is 9.59 Å². The largest absolute Gasteiger partial charge is 0.481 e. The molecule has 0 aromatic rings. The van der Waals surface area contributed by atoms with Gasteiger partial charge in [0.25, 0.3) is 0 Å². The minimum atomic E-state index is -0.862. The molecule has 1 saturated carbocycles. The number of carbonyl (C=O) groups is 2. The number of hydrogen-bond donors (Lipinski definition) is 1. The molecule has 0 saturated heterocycles. The van der Waals surface area contributed by atoms with Crippen molar-refractivity contribution in [2.45, 2.75) is 46.1 Å². The van der Waals surface area contributed by atoms with Gasteiger partial charge in [0, 0.05) is 25.7 Å². The molecule has 1 N–H and O–H groups in total. The summed E-state index contributed by atoms with van der Waals surface area (Å²) in [5.41, 5.74) is 0. The number of rotatable bonds is 7. The van der Waals surface area contributed by atoms with Crippen LogP contribution < -0.4 is 0 Å². The average Bonchev–Trinajstić information content (AvgIpc) is 3.08. The van der Waals surface area contributed by atoms with Gasteiger partial charge in [-0.15, -0.1) is 0 Å². The number of carboxylic acid groups (broad SMARTS) is 1. The number of urea groups is 1. The number of aliphatic carboxylic acids is 1. The summed E-state index contributed by atoms with van der Waals surface area (Å²) in [6.07, 6.45) is 2.42. The summed E-state index contributed by atoms with van der Waals surface area (Å²) >= 11 is 0. The maximum absolute atomic E-state index is 12.4. The van der Waals surface area contributed by atoms with Crippen molar-refractivity contribution in [3.8, 4) is 0 Å². The van der Waals surface area contributed by atoms with Crippen LogP contribution >= 0.6 is 0 Å². The summed E-state index contributed by atoms with van der Waals surface area (Å²) in [4.78, 5) is 26.5. The molecule has 0 heterocycles. The summed E-state index contributed by atoms with van der Waals surface area (Å²) in [6, 6.07) is 0.00533. The number of carbonyl (C=O) groups excluding carboxylic acids is 1. The molecule has 2 amide bonds. The molecular formula is C13H24N2O3. The minimum Gasteiger partial charge on any atom is -0.481 e. The first-order valence-electron chi connectivity index (χ1n) is 6.73. The van der Waals surface area contributed by atoms with E-state index in [1.807, 2.05) is 25.7 Å². The van der Waals surface area contributed by atoms with Crippen LogP contribution in [-0.2, 0) is 4.79 Å². The highest BCUT2D eigenvalue weighted by atomic mass is 16.4. The molecule has 18 heavy (non-hydrogen) atoms. The maximum atomic E-state index is 12.4. The van der Waals surface area contributed by atoms with E-state index in [0.29, 0.717) is 12.5 Å². The Morgan fingerprint density at radius 3 is 2.33 bits per heavy atom. The summed E-state index contributed by atoms with van der Waals surface area (Å²) < 4.78 is 0. The van der Waals surface area contributed by atoms with Crippen molar-refractivity contribution in [1.29, 1.82) is 0 Å². The number of hydrogen-bond acceptors (Lipinski definition) is 2. The molecule has 1 aliphatic rings. The Hall–Kier alpha value is -1.26. The molecular weight excluding hydrogens is 232 g/mol. The van der Waals surface area contributed by atoms with E-state index in [0.717, 1.165) is 6.54 Å². The van der Waals surface area contributed by atoms with Crippen molar-refractivity contribution in [3.05, 3.63) is 0 Å². The average molecular weight is 256 g/mol. The smallest absolute Gasteiger partial charge is 0.320 e. The Morgan fingerprint density at radius 2 is 1.94 bits per heavy atom. The van der Waals surface area contributed by atoms with Crippen LogP contribution in [0.15, 0.2) is 0 Å². The van der Waals surface area contributed by atoms with Crippen LogP contribution in [-0.4, -0.2) is 52.6 Å². The summed E-state index contributed by atoms with van der Waals surface area (Å²) in [6.45, 7) is 7.59. The highest BCUT2D eigenvalue weighted by Crippen LogP contribution is 2.30. The number of carboxylic acids is 1. The lowest BCUT2D eigenvalue weighted by atomic mass is 10.3. The Labute approximate surface area is 109 Å². The van der Waals surface area contributed by atoms with Gasteiger partial charge in [0.2, 0.25) is 0 Å². The predicted molar refractivity (Wildman–Crippen MR) is 69.5 cm³/mol. The van der Waals surface area contributed by atoms with Crippen LogP contribution in [0.2, 0.25) is 0 Å². The normalized spacial score (nSPS) is 14.7. The van der Waals surface area contributed by atoms with E-state index in [1.54, 1.807) is 4.90 Å². The third-order valence-electron chi connectivity index (χ3n) is 3.26. The molecule has 0 atom stereocenters. The zero-order valence-corrected chi connectivity index (χ0v) is 11.6. The first kappa shape index (κ1) is 14.8. The van der Waals surface area contributed by atoms with Crippen molar-refractivity contribution in [1.82, 2.24) is 9.80 Å². The summed E-state index contributed by atoms with van der Waals surface area (Å²) in [7, 11) is 0. The van der Waals surface area contributed by atoms with E-state index >= 15 is 0 Å². The van der Waals surface area contributed by atoms with Crippen LogP contribution in [0, 0.1) is 5.92 Å². The zero-order chi connectivity index (χ0) is 13.7. The lowest BCUT2D eigenvalue weighted by Gasteiger charge is -2.32. The SMILES string of the molecule is CCN(CC1CC1)C(=O)N(CCC(=O)O)C(C)C. The molecule has 1 rings (SSSR count). The second-order valence-corrected chi connectivity index (χ2v) is 5.20. The van der Waals surface area contributed by atoms with Crippen LogP contribution in [0.5, 0.6) is 0 Å². The number of nitrogens with zero attached hydrogens (tertiary/aromatic N) is 2. The van der Waals surface area contributed by atoms with Gasteiger partial charge in [-0.2, -0.15) is 0 Å². The van der Waals surface area contributed by atoms with E-state index < -0.39 is 5.97 Å². The van der Waals surface area contributed by atoms with Gasteiger partial charge in [0.05, 0.1) is 6.42 Å². The van der Waals surface area contributed by atoms with E-state index in [1.165, 1.54) is 12.8 Å². The first-order valence-corrected chi connectivity index (χ1v) is 6.73. The fourth-order valence-electron chi connectivity index (χ4n) is 1.93. The van der Waals surface area contributed by atoms with Gasteiger partial charge in [0.1, 0.15) is 0 Å². The van der Waals surface area contributed by atoms with Gasteiger partial charge in [0.15, 0.2) is 0 Å². The molecule has 0 spiro atoms. The molecule has 1 fully saturated rings. The first-order chi connectivity index (χ1) is 8.45. The second kappa shape index (κ2) is 6.61. The van der Waals surface area contributed by atoms with Gasteiger partial charge < -0.3 is 14.9 Å². The monoisotopic (exact) mass is 256 g/mol. The fourth-order valence-corrected chi connectivity index (χ4v) is 1.93. The fraction of sp³-hybridized carbons (Fsp3) is 0.846. The Balaban J connectivity index is 2.57. The molecule has 104 valence electrons. The van der Waals surface area contributed by atoms with Gasteiger partial charge in [-0.05, 0) is 39.5 Å². The van der Waals surface area contributed by atoms with Crippen molar-refractivity contribution >= 4 is 12.0 Å². The van der Waals surface area contributed by atoms with Crippen molar-refractivity contribution in [3.63, 3.8) is 0 Å². The Bertz CT molecular complexity index is 301. The van der Waals surface area contributed by atoms with Gasteiger partial charge >= 0.3 is 12.0 Å². The Kier molecular flexibility index (Phi) is 5.44. The van der Waals surface area contributed by atoms with Crippen molar-refractivity contribution in [2.75, 3.05) is 19.6 Å². The van der Waals surface area contributed by atoms with Crippen LogP contribution in [0.1, 0.15) is 40.0 Å². The predicted octanol–water partition coefficient (Wildman–Crippen LogP) is 2.02. The molecule has 0 aromatic carbocycles. The van der Waals surface area contributed by atoms with E-state index in [2.05, 4.69) is 0 Å². The topological polar surface area (TPSA) is 60.9 Å². The molecule has 0 aromatic heterocycles. The van der Waals surface area contributed by atoms with E-state index in [-0.39, 0.29) is 25.0 Å². The maximum Gasteiger partial charge on any atom is 0.320 e. The Morgan fingerprint density at radius 1 is 1.33 bits per heavy atom. The quantitative estimate of drug-likeness (QED) is 0.758. The lowest BCUT2D eigenvalue weighted by Crippen LogP contribution is -2.47. The summed E-state index contributed by atoms with van der Waals surface area (Å²) in [5, 5.41) is 8.73. The highest BCUT2D eigenvalue weighted by Gasteiger charge is 2.29. The van der Waals surface area contributed by atoms with E-state index in [4.69, 9.17) is 5.11 Å².